The maximum absolute atomic E-state index is 11.5. The molecule has 0 heterocycles. The number of hydrogen-bond donors (Lipinski definition) is 3. The van der Waals surface area contributed by atoms with Gasteiger partial charge in [-0.2, -0.15) is 0 Å². The number of nitrogens with two attached hydrogens (primary N) is 1. The van der Waals surface area contributed by atoms with Crippen molar-refractivity contribution in [2.24, 2.45) is 10.1 Å². The van der Waals surface area contributed by atoms with Crippen LogP contribution in [0.2, 0.25) is 0 Å². The molecule has 0 bridgehead atoms. The van der Waals surface area contributed by atoms with Crippen molar-refractivity contribution in [3.8, 4) is 11.5 Å². The van der Waals surface area contributed by atoms with E-state index in [0.29, 0.717) is 37.1 Å². The second kappa shape index (κ2) is 9.95. The Labute approximate surface area is 165 Å². The van der Waals surface area contributed by atoms with Gasteiger partial charge in [0.1, 0.15) is 0 Å². The number of sulfonamides is 1. The van der Waals surface area contributed by atoms with E-state index in [1.54, 1.807) is 26.4 Å². The molecule has 0 saturated heterocycles. The van der Waals surface area contributed by atoms with Crippen LogP contribution in [0.1, 0.15) is 18.1 Å². The molecular weight excluding hydrogens is 380 g/mol. The maximum Gasteiger partial charge on any atom is 0.238 e. The topological polar surface area (TPSA) is 115 Å². The molecule has 28 heavy (non-hydrogen) atoms. The van der Waals surface area contributed by atoms with E-state index in [-0.39, 0.29) is 4.90 Å². The molecule has 2 rings (SSSR count). The van der Waals surface area contributed by atoms with Crippen molar-refractivity contribution < 1.29 is 17.9 Å². The number of hydrogen-bond acceptors (Lipinski definition) is 5. The number of nitrogens with one attached hydrogen (secondary N) is 2. The molecule has 0 unspecified atom stereocenters. The summed E-state index contributed by atoms with van der Waals surface area (Å²) < 4.78 is 33.5. The second-order valence-corrected chi connectivity index (χ2v) is 7.49. The highest BCUT2D eigenvalue weighted by atomic mass is 32.2. The molecule has 0 atom stereocenters. The molecule has 0 amide bonds. The molecule has 0 radical (unpaired) electrons. The molecule has 8 nitrogen and oxygen atoms in total. The maximum atomic E-state index is 11.5. The standard InChI is InChI=1S/C19H26N4O4S/c1-4-21-19(22-12-14-6-5-7-16(10-14)28(20,24)25)23-13-15-8-9-17(26-2)18(11-15)27-3/h5-11H,4,12-13H2,1-3H3,(H2,20,24,25)(H2,21,22,23). The van der Waals surface area contributed by atoms with Gasteiger partial charge in [-0.3, -0.25) is 0 Å². The summed E-state index contributed by atoms with van der Waals surface area (Å²) in [6.07, 6.45) is 0. The van der Waals surface area contributed by atoms with E-state index in [1.807, 2.05) is 25.1 Å². The van der Waals surface area contributed by atoms with Crippen LogP contribution < -0.4 is 25.2 Å². The summed E-state index contributed by atoms with van der Waals surface area (Å²) in [5, 5.41) is 11.6. The molecule has 0 aliphatic rings. The van der Waals surface area contributed by atoms with Gasteiger partial charge < -0.3 is 20.1 Å². The molecule has 0 aromatic heterocycles. The van der Waals surface area contributed by atoms with E-state index in [0.717, 1.165) is 11.1 Å². The molecule has 0 aliphatic carbocycles. The summed E-state index contributed by atoms with van der Waals surface area (Å²) in [6, 6.07) is 12.1. The number of guanidine groups is 1. The van der Waals surface area contributed by atoms with Crippen LogP contribution in [0.25, 0.3) is 0 Å². The van der Waals surface area contributed by atoms with Crippen LogP contribution in [0.3, 0.4) is 0 Å². The van der Waals surface area contributed by atoms with Crippen LogP contribution in [-0.2, 0) is 23.1 Å². The van der Waals surface area contributed by atoms with Gasteiger partial charge in [0.2, 0.25) is 10.0 Å². The number of nitrogens with zero attached hydrogens (tertiary/aromatic N) is 1. The molecule has 0 fully saturated rings. The van der Waals surface area contributed by atoms with E-state index >= 15 is 0 Å². The smallest absolute Gasteiger partial charge is 0.238 e. The average molecular weight is 407 g/mol. The first-order valence-corrected chi connectivity index (χ1v) is 10.3. The molecular formula is C19H26N4O4S. The van der Waals surface area contributed by atoms with E-state index in [1.165, 1.54) is 12.1 Å². The summed E-state index contributed by atoms with van der Waals surface area (Å²) in [5.74, 6) is 1.93. The van der Waals surface area contributed by atoms with Crippen molar-refractivity contribution >= 4 is 16.0 Å². The first-order valence-electron chi connectivity index (χ1n) is 8.72. The van der Waals surface area contributed by atoms with Crippen LogP contribution in [0, 0.1) is 0 Å². The Morgan fingerprint density at radius 2 is 1.79 bits per heavy atom. The lowest BCUT2D eigenvalue weighted by atomic mass is 10.2. The zero-order valence-corrected chi connectivity index (χ0v) is 17.0. The Morgan fingerprint density at radius 1 is 1.04 bits per heavy atom. The van der Waals surface area contributed by atoms with Crippen molar-refractivity contribution in [3.63, 3.8) is 0 Å². The Bertz CT molecular complexity index is 929. The molecule has 0 aliphatic heterocycles. The third-order valence-corrected chi connectivity index (χ3v) is 4.81. The van der Waals surface area contributed by atoms with Gasteiger partial charge in [-0.25, -0.2) is 18.5 Å². The van der Waals surface area contributed by atoms with Crippen molar-refractivity contribution in [2.45, 2.75) is 24.9 Å². The Morgan fingerprint density at radius 3 is 2.43 bits per heavy atom. The fourth-order valence-corrected chi connectivity index (χ4v) is 3.09. The molecule has 0 saturated carbocycles. The monoisotopic (exact) mass is 406 g/mol. The number of methoxy groups -OCH3 is 2. The van der Waals surface area contributed by atoms with Crippen molar-refractivity contribution in [3.05, 3.63) is 53.6 Å². The number of aliphatic imine (C=N–C) groups is 1. The van der Waals surface area contributed by atoms with Gasteiger partial charge in [0, 0.05) is 13.1 Å². The van der Waals surface area contributed by atoms with E-state index in [9.17, 15) is 8.42 Å². The quantitative estimate of drug-likeness (QED) is 0.453. The summed E-state index contributed by atoms with van der Waals surface area (Å²) >= 11 is 0. The lowest BCUT2D eigenvalue weighted by Gasteiger charge is -2.13. The Balaban J connectivity index is 2.09. The zero-order valence-electron chi connectivity index (χ0n) is 16.2. The number of ether oxygens (including phenoxy) is 2. The Hall–Kier alpha value is -2.78. The van der Waals surface area contributed by atoms with Gasteiger partial charge in [-0.15, -0.1) is 0 Å². The molecule has 2 aromatic rings. The number of rotatable bonds is 8. The van der Waals surface area contributed by atoms with Crippen molar-refractivity contribution in [1.82, 2.24) is 10.6 Å². The number of benzene rings is 2. The van der Waals surface area contributed by atoms with Gasteiger partial charge in [-0.05, 0) is 42.3 Å². The van der Waals surface area contributed by atoms with Crippen LogP contribution >= 0.6 is 0 Å². The van der Waals surface area contributed by atoms with E-state index in [2.05, 4.69) is 15.6 Å². The summed E-state index contributed by atoms with van der Waals surface area (Å²) in [4.78, 5) is 4.57. The van der Waals surface area contributed by atoms with Crippen LogP contribution in [0.4, 0.5) is 0 Å². The van der Waals surface area contributed by atoms with Gasteiger partial charge >= 0.3 is 0 Å². The zero-order chi connectivity index (χ0) is 20.6. The second-order valence-electron chi connectivity index (χ2n) is 5.93. The predicted octanol–water partition coefficient (Wildman–Crippen LogP) is 1.61. The van der Waals surface area contributed by atoms with Gasteiger partial charge in [0.15, 0.2) is 17.5 Å². The molecule has 4 N–H and O–H groups in total. The average Bonchev–Trinajstić information content (AvgIpc) is 2.69. The highest BCUT2D eigenvalue weighted by Gasteiger charge is 2.08. The SMILES string of the molecule is CCNC(=NCc1cccc(S(N)(=O)=O)c1)NCc1ccc(OC)c(OC)c1. The first kappa shape index (κ1) is 21.5. The largest absolute Gasteiger partial charge is 0.493 e. The normalized spacial score (nSPS) is 11.8. The summed E-state index contributed by atoms with van der Waals surface area (Å²) in [6.45, 7) is 3.50. The van der Waals surface area contributed by atoms with E-state index in [4.69, 9.17) is 14.6 Å². The minimum Gasteiger partial charge on any atom is -0.493 e. The third-order valence-electron chi connectivity index (χ3n) is 3.90. The lowest BCUT2D eigenvalue weighted by molar-refractivity contribution is 0.354. The van der Waals surface area contributed by atoms with Crippen LogP contribution in [0.5, 0.6) is 11.5 Å². The first-order chi connectivity index (χ1) is 13.4. The van der Waals surface area contributed by atoms with E-state index < -0.39 is 10.0 Å². The molecule has 0 spiro atoms. The summed E-state index contributed by atoms with van der Waals surface area (Å²) in [5.41, 5.74) is 1.74. The third kappa shape index (κ3) is 6.14. The van der Waals surface area contributed by atoms with Crippen molar-refractivity contribution in [1.29, 1.82) is 0 Å². The highest BCUT2D eigenvalue weighted by Crippen LogP contribution is 2.27. The molecule has 152 valence electrons. The minimum atomic E-state index is -3.73. The highest BCUT2D eigenvalue weighted by molar-refractivity contribution is 7.89. The van der Waals surface area contributed by atoms with Crippen molar-refractivity contribution in [2.75, 3.05) is 20.8 Å². The van der Waals surface area contributed by atoms with Gasteiger partial charge in [-0.1, -0.05) is 18.2 Å². The molecule has 2 aromatic carbocycles. The van der Waals surface area contributed by atoms with Gasteiger partial charge in [0.25, 0.3) is 0 Å². The lowest BCUT2D eigenvalue weighted by Crippen LogP contribution is -2.36. The summed E-state index contributed by atoms with van der Waals surface area (Å²) in [7, 11) is -0.547. The Kier molecular flexibility index (Phi) is 7.65. The number of primary sulfonamides is 1. The van der Waals surface area contributed by atoms with Crippen LogP contribution in [0.15, 0.2) is 52.4 Å². The predicted molar refractivity (Wildman–Crippen MR) is 109 cm³/mol. The fourth-order valence-electron chi connectivity index (χ4n) is 2.51. The van der Waals surface area contributed by atoms with Crippen LogP contribution in [-0.4, -0.2) is 35.1 Å². The molecule has 9 heteroatoms. The fraction of sp³-hybridized carbons (Fsp3) is 0.316. The minimum absolute atomic E-state index is 0.0727. The van der Waals surface area contributed by atoms with Gasteiger partial charge in [0.05, 0.1) is 25.7 Å².